The van der Waals surface area contributed by atoms with Gasteiger partial charge < -0.3 is 15.2 Å². The average Bonchev–Trinajstić information content (AvgIpc) is 3.22. The van der Waals surface area contributed by atoms with Gasteiger partial charge in [-0.05, 0) is 31.0 Å². The highest BCUT2D eigenvalue weighted by Crippen LogP contribution is 2.47. The van der Waals surface area contributed by atoms with E-state index < -0.39 is 0 Å². The Hall–Kier alpha value is -2.44. The Labute approximate surface area is 159 Å². The minimum atomic E-state index is -0.255. The summed E-state index contributed by atoms with van der Waals surface area (Å²) in [6.07, 6.45) is 2.09. The second-order valence-electron chi connectivity index (χ2n) is 7.46. The molecule has 1 aromatic carbocycles. The topological polar surface area (TPSA) is 74.7 Å². The van der Waals surface area contributed by atoms with Gasteiger partial charge in [0.05, 0.1) is 24.0 Å². The van der Waals surface area contributed by atoms with Crippen LogP contribution in [0, 0.1) is 5.92 Å². The molecule has 0 bridgehead atoms. The maximum Gasteiger partial charge on any atom is 0.151 e. The standard InChI is InChI=1S/C21H26N4O2/c1-4-21(3)14(2)18(26-12-15-8-6-5-7-9-15)19(27-21)16-10-11-17-20(22)23-13-24-25(16)17/h5-11,13-14,18-19H,4,12H2,1-3H3,(H2,22,23,24)/t14-,18?,19-,21+/m0/s1. The third kappa shape index (κ3) is 3.09. The molecule has 4 atom stereocenters. The molecular formula is C21H26N4O2. The molecule has 0 radical (unpaired) electrons. The Morgan fingerprint density at radius 3 is 2.74 bits per heavy atom. The molecule has 3 aromatic rings. The van der Waals surface area contributed by atoms with Gasteiger partial charge in [0, 0.05) is 5.92 Å². The third-order valence-corrected chi connectivity index (χ3v) is 5.94. The number of aromatic nitrogens is 3. The van der Waals surface area contributed by atoms with Crippen LogP contribution in [0.4, 0.5) is 5.82 Å². The number of nitrogens with zero attached hydrogens (tertiary/aromatic N) is 3. The summed E-state index contributed by atoms with van der Waals surface area (Å²) in [5, 5.41) is 4.39. The van der Waals surface area contributed by atoms with Gasteiger partial charge in [-0.1, -0.05) is 44.2 Å². The fraction of sp³-hybridized carbons (Fsp3) is 0.429. The molecule has 1 aliphatic heterocycles. The normalized spacial score (nSPS) is 28.0. The number of hydrogen-bond acceptors (Lipinski definition) is 5. The molecular weight excluding hydrogens is 340 g/mol. The fourth-order valence-corrected chi connectivity index (χ4v) is 3.90. The number of rotatable bonds is 5. The highest BCUT2D eigenvalue weighted by Gasteiger charge is 2.50. The van der Waals surface area contributed by atoms with Gasteiger partial charge in [-0.3, -0.25) is 0 Å². The summed E-state index contributed by atoms with van der Waals surface area (Å²) in [6, 6.07) is 14.2. The van der Waals surface area contributed by atoms with Gasteiger partial charge in [-0.25, -0.2) is 9.50 Å². The number of ether oxygens (including phenoxy) is 2. The second kappa shape index (κ2) is 6.94. The van der Waals surface area contributed by atoms with Crippen LogP contribution < -0.4 is 5.73 Å². The SMILES string of the molecule is CC[C@@]1(C)O[C@@H](c2ccc3c(N)ncnn23)C(OCc2ccccc2)[C@@H]1C. The summed E-state index contributed by atoms with van der Waals surface area (Å²) < 4.78 is 14.8. The highest BCUT2D eigenvalue weighted by molar-refractivity contribution is 5.65. The fourth-order valence-electron chi connectivity index (χ4n) is 3.90. The van der Waals surface area contributed by atoms with Crippen LogP contribution in [0.5, 0.6) is 0 Å². The van der Waals surface area contributed by atoms with Crippen LogP contribution in [0.25, 0.3) is 5.52 Å². The molecule has 0 spiro atoms. The summed E-state index contributed by atoms with van der Waals surface area (Å²) in [5.41, 5.74) is 8.63. The van der Waals surface area contributed by atoms with Gasteiger partial charge in [-0.15, -0.1) is 0 Å². The van der Waals surface area contributed by atoms with Crippen molar-refractivity contribution in [2.45, 2.75) is 51.6 Å². The maximum atomic E-state index is 6.56. The zero-order valence-corrected chi connectivity index (χ0v) is 16.0. The predicted molar refractivity (Wildman–Crippen MR) is 104 cm³/mol. The van der Waals surface area contributed by atoms with E-state index in [0.29, 0.717) is 12.4 Å². The third-order valence-electron chi connectivity index (χ3n) is 5.94. The first-order valence-electron chi connectivity index (χ1n) is 9.45. The lowest BCUT2D eigenvalue weighted by molar-refractivity contribution is -0.0639. The van der Waals surface area contributed by atoms with Crippen molar-refractivity contribution < 1.29 is 9.47 Å². The number of nitrogens with two attached hydrogens (primary N) is 1. The molecule has 1 unspecified atom stereocenters. The van der Waals surface area contributed by atoms with E-state index in [4.69, 9.17) is 15.2 Å². The number of anilines is 1. The van der Waals surface area contributed by atoms with Crippen LogP contribution >= 0.6 is 0 Å². The summed E-state index contributed by atoms with van der Waals surface area (Å²) in [7, 11) is 0. The van der Waals surface area contributed by atoms with Crippen molar-refractivity contribution in [3.63, 3.8) is 0 Å². The Bertz CT molecular complexity index is 926. The van der Waals surface area contributed by atoms with Crippen molar-refractivity contribution in [2.75, 3.05) is 5.73 Å². The summed E-state index contributed by atoms with van der Waals surface area (Å²) in [4.78, 5) is 4.08. The molecule has 27 heavy (non-hydrogen) atoms. The zero-order valence-electron chi connectivity index (χ0n) is 16.0. The van der Waals surface area contributed by atoms with Crippen LogP contribution in [-0.2, 0) is 16.1 Å². The maximum absolute atomic E-state index is 6.56. The number of fused-ring (bicyclic) bond motifs is 1. The van der Waals surface area contributed by atoms with E-state index in [2.05, 4.69) is 43.0 Å². The van der Waals surface area contributed by atoms with Crippen LogP contribution in [-0.4, -0.2) is 26.3 Å². The quantitative estimate of drug-likeness (QED) is 0.744. The minimum Gasteiger partial charge on any atom is -0.382 e. The lowest BCUT2D eigenvalue weighted by Gasteiger charge is -2.27. The molecule has 2 aromatic heterocycles. The monoisotopic (exact) mass is 366 g/mol. The Morgan fingerprint density at radius 1 is 1.22 bits per heavy atom. The summed E-state index contributed by atoms with van der Waals surface area (Å²) in [5.74, 6) is 0.697. The van der Waals surface area contributed by atoms with Crippen molar-refractivity contribution >= 4 is 11.3 Å². The van der Waals surface area contributed by atoms with E-state index in [1.807, 2.05) is 34.8 Å². The molecule has 6 heteroatoms. The molecule has 0 amide bonds. The molecule has 142 valence electrons. The number of hydrogen-bond donors (Lipinski definition) is 1. The van der Waals surface area contributed by atoms with Crippen LogP contribution in [0.15, 0.2) is 48.8 Å². The number of nitrogen functional groups attached to an aromatic ring is 1. The van der Waals surface area contributed by atoms with E-state index in [9.17, 15) is 0 Å². The van der Waals surface area contributed by atoms with Crippen LogP contribution in [0.3, 0.4) is 0 Å². The molecule has 0 saturated carbocycles. The molecule has 4 rings (SSSR count). The molecule has 6 nitrogen and oxygen atoms in total. The van der Waals surface area contributed by atoms with E-state index >= 15 is 0 Å². The van der Waals surface area contributed by atoms with Gasteiger partial charge >= 0.3 is 0 Å². The molecule has 1 fully saturated rings. The van der Waals surface area contributed by atoms with E-state index in [1.54, 1.807) is 0 Å². The van der Waals surface area contributed by atoms with Crippen molar-refractivity contribution in [1.29, 1.82) is 0 Å². The second-order valence-corrected chi connectivity index (χ2v) is 7.46. The Morgan fingerprint density at radius 2 is 2.00 bits per heavy atom. The first-order valence-corrected chi connectivity index (χ1v) is 9.45. The highest BCUT2D eigenvalue weighted by atomic mass is 16.6. The number of benzene rings is 1. The van der Waals surface area contributed by atoms with Gasteiger partial charge in [0.25, 0.3) is 0 Å². The van der Waals surface area contributed by atoms with E-state index in [-0.39, 0.29) is 23.7 Å². The van der Waals surface area contributed by atoms with Crippen molar-refractivity contribution in [1.82, 2.24) is 14.6 Å². The van der Waals surface area contributed by atoms with Crippen LogP contribution in [0.2, 0.25) is 0 Å². The van der Waals surface area contributed by atoms with Gasteiger partial charge in [0.15, 0.2) is 5.82 Å². The Balaban J connectivity index is 1.68. The van der Waals surface area contributed by atoms with E-state index in [1.165, 1.54) is 6.33 Å². The minimum absolute atomic E-state index is 0.0792. The first-order chi connectivity index (χ1) is 13.0. The molecule has 2 N–H and O–H groups in total. The van der Waals surface area contributed by atoms with Gasteiger partial charge in [0.1, 0.15) is 17.9 Å². The predicted octanol–water partition coefficient (Wildman–Crippen LogP) is 3.77. The smallest absolute Gasteiger partial charge is 0.151 e. The summed E-state index contributed by atoms with van der Waals surface area (Å²) in [6.45, 7) is 7.08. The van der Waals surface area contributed by atoms with Crippen LogP contribution in [0.1, 0.15) is 44.6 Å². The molecule has 0 aliphatic carbocycles. The van der Waals surface area contributed by atoms with Gasteiger partial charge in [0.2, 0.25) is 0 Å². The van der Waals surface area contributed by atoms with Crippen molar-refractivity contribution in [2.24, 2.45) is 5.92 Å². The molecule has 1 saturated heterocycles. The molecule has 1 aliphatic rings. The van der Waals surface area contributed by atoms with Crippen molar-refractivity contribution in [3.8, 4) is 0 Å². The average molecular weight is 366 g/mol. The summed E-state index contributed by atoms with van der Waals surface area (Å²) >= 11 is 0. The molecule has 3 heterocycles. The van der Waals surface area contributed by atoms with Gasteiger partial charge in [-0.2, -0.15) is 5.10 Å². The lowest BCUT2D eigenvalue weighted by atomic mass is 9.85. The zero-order chi connectivity index (χ0) is 19.0. The van der Waals surface area contributed by atoms with E-state index in [0.717, 1.165) is 23.2 Å². The first kappa shape index (κ1) is 17.9. The largest absolute Gasteiger partial charge is 0.382 e. The Kier molecular flexibility index (Phi) is 4.61. The lowest BCUT2D eigenvalue weighted by Crippen LogP contribution is -2.33. The van der Waals surface area contributed by atoms with Crippen molar-refractivity contribution in [3.05, 3.63) is 60.0 Å².